The first kappa shape index (κ1) is 58.5. The lowest BCUT2D eigenvalue weighted by atomic mass is 10.1. The molecule has 83 heavy (non-hydrogen) atoms. The molecule has 0 amide bonds. The van der Waals surface area contributed by atoms with E-state index in [9.17, 15) is 5.11 Å². The van der Waals surface area contributed by atoms with Gasteiger partial charge in [-0.2, -0.15) is 9.97 Å². The summed E-state index contributed by atoms with van der Waals surface area (Å²) in [6.07, 6.45) is 16.5. The van der Waals surface area contributed by atoms with Crippen molar-refractivity contribution < 1.29 is 38.6 Å². The summed E-state index contributed by atoms with van der Waals surface area (Å²) >= 11 is 6.27. The van der Waals surface area contributed by atoms with Crippen molar-refractivity contribution in [1.29, 1.82) is 0 Å². The molecule has 0 radical (unpaired) electrons. The predicted molar refractivity (Wildman–Crippen MR) is 322 cm³/mol. The first-order valence-electron chi connectivity index (χ1n) is 28.3. The molecule has 4 saturated heterocycles. The van der Waals surface area contributed by atoms with E-state index in [1.54, 1.807) is 55.3 Å². The molecule has 5 N–H and O–H groups in total. The third kappa shape index (κ3) is 13.9. The molecule has 0 bridgehead atoms. The van der Waals surface area contributed by atoms with Gasteiger partial charge in [-0.25, -0.2) is 19.9 Å². The van der Waals surface area contributed by atoms with Crippen molar-refractivity contribution in [3.63, 3.8) is 0 Å². The fraction of sp³-hybridized carbons (Fsp3) is 0.433. The predicted octanol–water partition coefficient (Wildman–Crippen LogP) is 8.71. The van der Waals surface area contributed by atoms with Crippen LogP contribution in [0, 0.1) is 0 Å². The summed E-state index contributed by atoms with van der Waals surface area (Å²) in [4.78, 5) is 35.0. The number of imidazole rings is 2. The molecule has 4 aliphatic rings. The summed E-state index contributed by atoms with van der Waals surface area (Å²) in [5, 5.41) is 30.3. The fourth-order valence-electron chi connectivity index (χ4n) is 11.2. The smallest absolute Gasteiger partial charge is 0.228 e. The number of halogens is 1. The van der Waals surface area contributed by atoms with Crippen molar-refractivity contribution >= 4 is 62.6 Å². The van der Waals surface area contributed by atoms with E-state index in [2.05, 4.69) is 80.9 Å². The Labute approximate surface area is 488 Å². The first-order valence-corrected chi connectivity index (χ1v) is 28.6. The van der Waals surface area contributed by atoms with Gasteiger partial charge in [0.15, 0.2) is 23.0 Å². The molecule has 8 heterocycles. The number of rotatable bonds is 19. The average Bonchev–Trinajstić information content (AvgIpc) is 4.57. The molecule has 4 fully saturated rings. The molecule has 0 unspecified atom stereocenters. The summed E-state index contributed by atoms with van der Waals surface area (Å²) in [6.45, 7) is 8.69. The van der Waals surface area contributed by atoms with Crippen molar-refractivity contribution in [3.8, 4) is 45.9 Å². The highest BCUT2D eigenvalue weighted by Gasteiger charge is 2.28. The van der Waals surface area contributed by atoms with Crippen LogP contribution in [0.25, 0.3) is 33.2 Å². The lowest BCUT2D eigenvalue weighted by molar-refractivity contribution is 0.255. The van der Waals surface area contributed by atoms with Gasteiger partial charge in [0, 0.05) is 60.7 Å². The molecule has 0 spiro atoms. The minimum absolute atomic E-state index is 0.0207. The molecule has 12 rings (SSSR count). The maximum absolute atomic E-state index is 9.98. The standard InChI is InChI=1S/C30H37N7O4.C25H27ClN6O3.C5H11NO/c1-39-25-14-22(15-26(40-2)28(25)41-3)36-17-27(31-19-36)33-29-23-9-8-20(16-35-10-4-5-11-35)13-24(23)32-30(34-29)37-12-6-7-21(37)18-38;1-33-20-11-17(12-21(34-2)23(20)35-3)32-14-22(27-15-32)29-24-18-7-6-16(13-31-8-4-5-9-31)10-19(18)28-25(26)30-24;7-4-5-2-1-3-6-5/h8-9,13-15,17,19,21,38H,4-7,10-12,16,18H2,1-3H3,(H,32,33,34);6-7,10-12,14-15H,4-5,8-9,13H2,1-3H3,(H,28,29,30);5-7H,1-4H2/t21-;;5-/m0.0/s1. The van der Waals surface area contributed by atoms with Gasteiger partial charge in [-0.1, -0.05) is 12.1 Å². The van der Waals surface area contributed by atoms with Crippen LogP contribution in [0.2, 0.25) is 5.28 Å². The molecule has 4 aliphatic heterocycles. The SMILES string of the molecule is COc1cc(-n2cnc(Nc3nc(Cl)nc4cc(CN5CCCC5)ccc34)c2)cc(OC)c1OC.COc1cc(-n2cnc(Nc3nc(N4CCC[C@H]4CO)nc4cc(CN5CCCC5)ccc34)c2)cc(OC)c1OC.OC[C@@H]1CCCN1. The van der Waals surface area contributed by atoms with Gasteiger partial charge in [-0.05, 0) is 131 Å². The maximum atomic E-state index is 9.98. The van der Waals surface area contributed by atoms with Crippen molar-refractivity contribution in [2.24, 2.45) is 0 Å². The number of nitrogens with one attached hydrogen (secondary N) is 3. The third-order valence-corrected chi connectivity index (χ3v) is 15.6. The second-order valence-corrected chi connectivity index (χ2v) is 21.2. The molecular formula is C60H75ClN14O8. The molecule has 2 atom stereocenters. The first-order chi connectivity index (χ1) is 40.6. The normalized spacial score (nSPS) is 17.0. The van der Waals surface area contributed by atoms with Gasteiger partial charge in [-0.15, -0.1) is 0 Å². The zero-order valence-corrected chi connectivity index (χ0v) is 48.9. The maximum Gasteiger partial charge on any atom is 0.228 e. The number of likely N-dealkylation sites (tertiary alicyclic amines) is 2. The second kappa shape index (κ2) is 27.6. The molecular weight excluding hydrogens is 1080 g/mol. The monoisotopic (exact) mass is 1150 g/mol. The van der Waals surface area contributed by atoms with E-state index in [0.29, 0.717) is 76.4 Å². The number of hydrogen-bond donors (Lipinski definition) is 5. The van der Waals surface area contributed by atoms with E-state index in [-0.39, 0.29) is 17.9 Å². The number of ether oxygens (including phenoxy) is 6. The third-order valence-electron chi connectivity index (χ3n) is 15.5. The zero-order valence-electron chi connectivity index (χ0n) is 48.1. The van der Waals surface area contributed by atoms with Gasteiger partial charge in [0.05, 0.1) is 96.7 Å². The molecule has 4 aromatic heterocycles. The van der Waals surface area contributed by atoms with Crippen LogP contribution in [0.3, 0.4) is 0 Å². The number of benzene rings is 4. The highest BCUT2D eigenvalue weighted by atomic mass is 35.5. The summed E-state index contributed by atoms with van der Waals surface area (Å²) in [7, 11) is 9.52. The van der Waals surface area contributed by atoms with Gasteiger partial charge in [0.2, 0.25) is 22.7 Å². The van der Waals surface area contributed by atoms with Crippen LogP contribution < -0.4 is 49.3 Å². The van der Waals surface area contributed by atoms with E-state index in [0.717, 1.165) is 105 Å². The average molecular weight is 1160 g/mol. The van der Waals surface area contributed by atoms with Crippen molar-refractivity contribution in [2.75, 3.05) is 111 Å². The van der Waals surface area contributed by atoms with Gasteiger partial charge in [0.25, 0.3) is 0 Å². The number of aliphatic hydroxyl groups is 2. The Morgan fingerprint density at radius 3 is 1.48 bits per heavy atom. The second-order valence-electron chi connectivity index (χ2n) is 20.9. The van der Waals surface area contributed by atoms with Crippen LogP contribution in [-0.2, 0) is 13.1 Å². The molecule has 4 aromatic carbocycles. The van der Waals surface area contributed by atoms with Crippen LogP contribution in [0.15, 0.2) is 85.7 Å². The lowest BCUT2D eigenvalue weighted by Gasteiger charge is -2.24. The van der Waals surface area contributed by atoms with Crippen LogP contribution in [0.4, 0.5) is 29.2 Å². The summed E-state index contributed by atoms with van der Waals surface area (Å²) in [6, 6.07) is 20.5. The number of hydrogen-bond acceptors (Lipinski definition) is 20. The van der Waals surface area contributed by atoms with E-state index in [1.807, 2.05) is 51.9 Å². The molecule has 0 aliphatic carbocycles. The Morgan fingerprint density at radius 2 is 1.05 bits per heavy atom. The quantitative estimate of drug-likeness (QED) is 0.0477. The minimum Gasteiger partial charge on any atom is -0.493 e. The Kier molecular flexibility index (Phi) is 19.4. The van der Waals surface area contributed by atoms with Crippen LogP contribution in [-0.4, -0.2) is 166 Å². The number of aromatic nitrogens is 8. The Morgan fingerprint density at radius 1 is 0.554 bits per heavy atom. The van der Waals surface area contributed by atoms with Crippen LogP contribution in [0.5, 0.6) is 34.5 Å². The number of fused-ring (bicyclic) bond motifs is 2. The Bertz CT molecular complexity index is 3410. The largest absolute Gasteiger partial charge is 0.493 e. The number of anilines is 5. The lowest BCUT2D eigenvalue weighted by Crippen LogP contribution is -2.33. The van der Waals surface area contributed by atoms with Gasteiger partial charge in [-0.3, -0.25) is 9.80 Å². The Hall–Kier alpha value is -7.73. The molecule has 0 saturated carbocycles. The van der Waals surface area contributed by atoms with Gasteiger partial charge < -0.3 is 68.6 Å². The Balaban J connectivity index is 0.000000167. The number of nitrogens with zero attached hydrogens (tertiary/aromatic N) is 11. The van der Waals surface area contributed by atoms with Crippen LogP contribution >= 0.6 is 11.6 Å². The van der Waals surface area contributed by atoms with Gasteiger partial charge in [0.1, 0.15) is 35.9 Å². The topological polar surface area (TPSA) is 229 Å². The summed E-state index contributed by atoms with van der Waals surface area (Å²) in [5.41, 5.74) is 5.74. The van der Waals surface area contributed by atoms with E-state index in [1.165, 1.54) is 43.2 Å². The highest BCUT2D eigenvalue weighted by Crippen LogP contribution is 2.41. The van der Waals surface area contributed by atoms with Crippen molar-refractivity contribution in [2.45, 2.75) is 76.5 Å². The van der Waals surface area contributed by atoms with Crippen molar-refractivity contribution in [3.05, 3.63) is 102 Å². The van der Waals surface area contributed by atoms with Gasteiger partial charge >= 0.3 is 0 Å². The van der Waals surface area contributed by atoms with E-state index < -0.39 is 0 Å². The molecule has 23 heteroatoms. The zero-order chi connectivity index (χ0) is 57.8. The minimum atomic E-state index is 0.0207. The van der Waals surface area contributed by atoms with Crippen molar-refractivity contribution in [1.82, 2.24) is 54.2 Å². The number of methoxy groups -OCH3 is 6. The van der Waals surface area contributed by atoms with Crippen LogP contribution in [0.1, 0.15) is 62.5 Å². The van der Waals surface area contributed by atoms with E-state index in [4.69, 9.17) is 55.1 Å². The molecule has 8 aromatic rings. The van der Waals surface area contributed by atoms with E-state index >= 15 is 0 Å². The summed E-state index contributed by atoms with van der Waals surface area (Å²) < 4.78 is 36.6. The molecule has 440 valence electrons. The molecule has 22 nitrogen and oxygen atoms in total. The fourth-order valence-corrected chi connectivity index (χ4v) is 11.3. The summed E-state index contributed by atoms with van der Waals surface area (Å²) in [5.74, 6) is 6.44. The highest BCUT2D eigenvalue weighted by molar-refractivity contribution is 6.28. The number of aliphatic hydroxyl groups excluding tert-OH is 2.